The van der Waals surface area contributed by atoms with Gasteiger partial charge in [-0.25, -0.2) is 4.98 Å². The van der Waals surface area contributed by atoms with Crippen LogP contribution in [-0.2, 0) is 16.0 Å². The van der Waals surface area contributed by atoms with Gasteiger partial charge in [-0.05, 0) is 43.9 Å². The summed E-state index contributed by atoms with van der Waals surface area (Å²) in [5.41, 5.74) is 1.25. The van der Waals surface area contributed by atoms with Gasteiger partial charge in [0.1, 0.15) is 0 Å². The van der Waals surface area contributed by atoms with Crippen LogP contribution in [0.1, 0.15) is 46.1 Å². The Labute approximate surface area is 171 Å². The van der Waals surface area contributed by atoms with Crippen molar-refractivity contribution in [2.45, 2.75) is 37.7 Å². The number of nitrogens with one attached hydrogen (secondary N) is 2. The van der Waals surface area contributed by atoms with E-state index in [1.165, 1.54) is 11.3 Å². The number of hydrogen-bond donors (Lipinski definition) is 2. The number of aromatic nitrogens is 1. The van der Waals surface area contributed by atoms with Crippen LogP contribution in [0.4, 0.5) is 5.13 Å². The van der Waals surface area contributed by atoms with E-state index < -0.39 is 0 Å². The number of rotatable bonds is 5. The largest absolute Gasteiger partial charge is 0.454 e. The molecule has 2 amide bonds. The SMILES string of the molecule is O=C(Nc1nc2c(s1)CC[C@H]2C(=O)NC[C@@H]1CCCO1)c1ccc2c(c1)OCO2. The van der Waals surface area contributed by atoms with Crippen molar-refractivity contribution < 1.29 is 23.8 Å². The Morgan fingerprint density at radius 1 is 1.21 bits per heavy atom. The molecule has 0 saturated carbocycles. The molecule has 0 unspecified atom stereocenters. The first kappa shape index (κ1) is 18.4. The van der Waals surface area contributed by atoms with E-state index in [4.69, 9.17) is 14.2 Å². The van der Waals surface area contributed by atoms with Gasteiger partial charge in [0, 0.05) is 23.6 Å². The van der Waals surface area contributed by atoms with Gasteiger partial charge < -0.3 is 19.5 Å². The molecule has 0 bridgehead atoms. The number of benzene rings is 1. The highest BCUT2D eigenvalue weighted by Crippen LogP contribution is 2.39. The zero-order valence-corrected chi connectivity index (χ0v) is 16.5. The molecule has 2 aliphatic heterocycles. The second-order valence-electron chi connectivity index (χ2n) is 7.32. The first-order valence-electron chi connectivity index (χ1n) is 9.77. The molecule has 152 valence electrons. The summed E-state index contributed by atoms with van der Waals surface area (Å²) in [6.45, 7) is 1.48. The summed E-state index contributed by atoms with van der Waals surface area (Å²) < 4.78 is 16.2. The van der Waals surface area contributed by atoms with Gasteiger partial charge in [-0.15, -0.1) is 11.3 Å². The van der Waals surface area contributed by atoms with Gasteiger partial charge in [0.15, 0.2) is 16.6 Å². The standard InChI is InChI=1S/C20H21N3O5S/c24-18(11-3-5-14-15(8-11)28-10-27-14)23-20-22-17-13(4-6-16(17)29-20)19(25)21-9-12-2-1-7-26-12/h3,5,8,12-13H,1-2,4,6-7,9-10H2,(H,21,25)(H,22,23,24)/t12-,13+/m0/s1. The molecule has 29 heavy (non-hydrogen) atoms. The van der Waals surface area contributed by atoms with E-state index in [1.54, 1.807) is 18.2 Å². The molecule has 0 spiro atoms. The number of aryl methyl sites for hydroxylation is 1. The minimum absolute atomic E-state index is 0.0156. The fourth-order valence-corrected chi connectivity index (χ4v) is 4.92. The van der Waals surface area contributed by atoms with E-state index in [0.29, 0.717) is 28.7 Å². The highest BCUT2D eigenvalue weighted by atomic mass is 32.1. The summed E-state index contributed by atoms with van der Waals surface area (Å²) in [5, 5.41) is 6.34. The molecule has 1 aliphatic carbocycles. The average Bonchev–Trinajstić information content (AvgIpc) is 3.49. The third-order valence-electron chi connectivity index (χ3n) is 5.42. The number of nitrogens with zero attached hydrogens (tertiary/aromatic N) is 1. The van der Waals surface area contributed by atoms with Crippen LogP contribution in [0.3, 0.4) is 0 Å². The third kappa shape index (κ3) is 3.67. The number of hydrogen-bond acceptors (Lipinski definition) is 7. The maximum absolute atomic E-state index is 12.6. The molecule has 2 N–H and O–H groups in total. The number of carbonyl (C=O) groups excluding carboxylic acids is 2. The summed E-state index contributed by atoms with van der Waals surface area (Å²) in [5.74, 6) is 0.640. The van der Waals surface area contributed by atoms with Crippen molar-refractivity contribution in [1.82, 2.24) is 10.3 Å². The Morgan fingerprint density at radius 2 is 2.10 bits per heavy atom. The van der Waals surface area contributed by atoms with Crippen molar-refractivity contribution in [2.75, 3.05) is 25.3 Å². The summed E-state index contributed by atoms with van der Waals surface area (Å²) in [7, 11) is 0. The Morgan fingerprint density at radius 3 is 2.97 bits per heavy atom. The van der Waals surface area contributed by atoms with Crippen LogP contribution in [0.2, 0.25) is 0 Å². The minimum Gasteiger partial charge on any atom is -0.454 e. The summed E-state index contributed by atoms with van der Waals surface area (Å²) in [6, 6.07) is 5.05. The molecule has 5 rings (SSSR count). The van der Waals surface area contributed by atoms with Crippen molar-refractivity contribution >= 4 is 28.3 Å². The number of fused-ring (bicyclic) bond motifs is 2. The Kier molecular flexibility index (Phi) is 4.84. The molecule has 1 fully saturated rings. The summed E-state index contributed by atoms with van der Waals surface area (Å²) in [6.07, 6.45) is 3.70. The average molecular weight is 415 g/mol. The molecule has 2 aromatic rings. The second kappa shape index (κ2) is 7.64. The zero-order chi connectivity index (χ0) is 19.8. The van der Waals surface area contributed by atoms with Crippen molar-refractivity contribution in [3.8, 4) is 11.5 Å². The molecule has 1 saturated heterocycles. The van der Waals surface area contributed by atoms with E-state index in [-0.39, 0.29) is 30.6 Å². The highest BCUT2D eigenvalue weighted by molar-refractivity contribution is 7.16. The smallest absolute Gasteiger partial charge is 0.257 e. The zero-order valence-electron chi connectivity index (χ0n) is 15.7. The molecular formula is C20H21N3O5S. The predicted molar refractivity (Wildman–Crippen MR) is 106 cm³/mol. The van der Waals surface area contributed by atoms with Crippen LogP contribution < -0.4 is 20.1 Å². The molecule has 8 nitrogen and oxygen atoms in total. The fourth-order valence-electron chi connectivity index (χ4n) is 3.89. The lowest BCUT2D eigenvalue weighted by atomic mass is 10.1. The fraction of sp³-hybridized carbons (Fsp3) is 0.450. The van der Waals surface area contributed by atoms with Crippen LogP contribution in [0, 0.1) is 0 Å². The normalized spacial score (nSPS) is 21.8. The van der Waals surface area contributed by atoms with Crippen molar-refractivity contribution in [1.29, 1.82) is 0 Å². The molecule has 0 radical (unpaired) electrons. The molecule has 3 heterocycles. The molecule has 1 aromatic carbocycles. The Balaban J connectivity index is 1.23. The lowest BCUT2D eigenvalue weighted by Crippen LogP contribution is -2.34. The van der Waals surface area contributed by atoms with Gasteiger partial charge in [0.05, 0.1) is 17.7 Å². The monoisotopic (exact) mass is 415 g/mol. The van der Waals surface area contributed by atoms with E-state index in [0.717, 1.165) is 42.9 Å². The van der Waals surface area contributed by atoms with Crippen molar-refractivity contribution in [3.05, 3.63) is 34.3 Å². The molecular weight excluding hydrogens is 394 g/mol. The molecule has 1 aromatic heterocycles. The maximum Gasteiger partial charge on any atom is 0.257 e. The number of thiazole rings is 1. The second-order valence-corrected chi connectivity index (χ2v) is 8.40. The van der Waals surface area contributed by atoms with Gasteiger partial charge >= 0.3 is 0 Å². The predicted octanol–water partition coefficient (Wildman–Crippen LogP) is 2.45. The van der Waals surface area contributed by atoms with Crippen LogP contribution >= 0.6 is 11.3 Å². The van der Waals surface area contributed by atoms with Crippen LogP contribution in [0.15, 0.2) is 18.2 Å². The topological polar surface area (TPSA) is 98.8 Å². The molecule has 2 atom stereocenters. The molecule has 9 heteroatoms. The maximum atomic E-state index is 12.6. The Hall–Kier alpha value is -2.65. The highest BCUT2D eigenvalue weighted by Gasteiger charge is 2.33. The van der Waals surface area contributed by atoms with Crippen LogP contribution in [0.5, 0.6) is 11.5 Å². The van der Waals surface area contributed by atoms with E-state index in [2.05, 4.69) is 15.6 Å². The number of carbonyl (C=O) groups is 2. The Bertz CT molecular complexity index is 954. The summed E-state index contributed by atoms with van der Waals surface area (Å²) >= 11 is 1.43. The number of anilines is 1. The minimum atomic E-state index is -0.268. The first-order valence-corrected chi connectivity index (χ1v) is 10.6. The quantitative estimate of drug-likeness (QED) is 0.778. The first-order chi connectivity index (χ1) is 14.2. The molecule has 3 aliphatic rings. The van der Waals surface area contributed by atoms with Gasteiger partial charge in [-0.2, -0.15) is 0 Å². The summed E-state index contributed by atoms with van der Waals surface area (Å²) in [4.78, 5) is 30.8. The number of amides is 2. The van der Waals surface area contributed by atoms with E-state index >= 15 is 0 Å². The lowest BCUT2D eigenvalue weighted by molar-refractivity contribution is -0.123. The van der Waals surface area contributed by atoms with Crippen molar-refractivity contribution in [3.63, 3.8) is 0 Å². The third-order valence-corrected chi connectivity index (χ3v) is 6.46. The number of ether oxygens (including phenoxy) is 3. The van der Waals surface area contributed by atoms with E-state index in [1.807, 2.05) is 0 Å². The van der Waals surface area contributed by atoms with Crippen LogP contribution in [-0.4, -0.2) is 42.8 Å². The van der Waals surface area contributed by atoms with Crippen LogP contribution in [0.25, 0.3) is 0 Å². The van der Waals surface area contributed by atoms with Gasteiger partial charge in [0.2, 0.25) is 12.7 Å². The van der Waals surface area contributed by atoms with Crippen molar-refractivity contribution in [2.24, 2.45) is 0 Å². The van der Waals surface area contributed by atoms with Gasteiger partial charge in [0.25, 0.3) is 5.91 Å². The van der Waals surface area contributed by atoms with E-state index in [9.17, 15) is 9.59 Å². The lowest BCUT2D eigenvalue weighted by Gasteiger charge is -2.14. The van der Waals surface area contributed by atoms with Gasteiger partial charge in [-0.1, -0.05) is 0 Å². The van der Waals surface area contributed by atoms with Gasteiger partial charge in [-0.3, -0.25) is 14.9 Å².